The van der Waals surface area contributed by atoms with Crippen LogP contribution in [0.3, 0.4) is 0 Å². The third kappa shape index (κ3) is 5.40. The summed E-state index contributed by atoms with van der Waals surface area (Å²) in [7, 11) is -3.61. The molecule has 0 amide bonds. The normalized spacial score (nSPS) is 25.1. The van der Waals surface area contributed by atoms with Gasteiger partial charge in [0, 0.05) is 18.0 Å². The van der Waals surface area contributed by atoms with Crippen LogP contribution in [0.15, 0.2) is 65.6 Å². The van der Waals surface area contributed by atoms with Gasteiger partial charge in [0.25, 0.3) is 0 Å². The van der Waals surface area contributed by atoms with E-state index in [1.165, 1.54) is 11.3 Å². The van der Waals surface area contributed by atoms with E-state index in [0.29, 0.717) is 41.1 Å². The summed E-state index contributed by atoms with van der Waals surface area (Å²) in [6.07, 6.45) is 5.05. The molecule has 2 fully saturated rings. The summed E-state index contributed by atoms with van der Waals surface area (Å²) < 4.78 is 28.9. The Morgan fingerprint density at radius 2 is 1.65 bits per heavy atom. The zero-order valence-electron chi connectivity index (χ0n) is 21.5. The molecule has 2 aliphatic rings. The number of hydrogen-bond acceptors (Lipinski definition) is 4. The van der Waals surface area contributed by atoms with Gasteiger partial charge in [0.1, 0.15) is 4.88 Å². The average molecular weight is 538 g/mol. The predicted molar refractivity (Wildman–Crippen MR) is 149 cm³/mol. The Labute approximate surface area is 224 Å². The second-order valence-corrected chi connectivity index (χ2v) is 13.8. The van der Waals surface area contributed by atoms with Crippen LogP contribution in [0.2, 0.25) is 0 Å². The fourth-order valence-corrected chi connectivity index (χ4v) is 8.77. The maximum Gasteiger partial charge on any atom is 0.346 e. The number of thiophene rings is 1. The molecular weight excluding hydrogens is 502 g/mol. The van der Waals surface area contributed by atoms with E-state index in [9.17, 15) is 18.3 Å². The number of rotatable bonds is 6. The van der Waals surface area contributed by atoms with Gasteiger partial charge in [-0.15, -0.1) is 11.3 Å². The topological polar surface area (TPSA) is 74.7 Å². The minimum atomic E-state index is -3.61. The number of benzene rings is 2. The maximum absolute atomic E-state index is 13.6. The molecule has 7 heteroatoms. The molecule has 0 radical (unpaired) electrons. The van der Waals surface area contributed by atoms with E-state index in [0.717, 1.165) is 47.3 Å². The molecule has 3 aromatic rings. The second kappa shape index (κ2) is 10.7. The van der Waals surface area contributed by atoms with Crippen LogP contribution in [0.25, 0.3) is 10.4 Å². The van der Waals surface area contributed by atoms with Crippen molar-refractivity contribution in [3.05, 3.63) is 76.7 Å². The van der Waals surface area contributed by atoms with Crippen LogP contribution >= 0.6 is 11.3 Å². The molecule has 1 saturated carbocycles. The molecule has 2 atom stereocenters. The van der Waals surface area contributed by atoms with Crippen molar-refractivity contribution < 1.29 is 18.3 Å². The van der Waals surface area contributed by atoms with Crippen LogP contribution in [-0.4, -0.2) is 36.9 Å². The van der Waals surface area contributed by atoms with Gasteiger partial charge in [-0.2, -0.15) is 4.31 Å². The van der Waals surface area contributed by atoms with Gasteiger partial charge < -0.3 is 5.11 Å². The summed E-state index contributed by atoms with van der Waals surface area (Å²) in [4.78, 5) is 14.1. The van der Waals surface area contributed by atoms with Crippen molar-refractivity contribution in [2.24, 2.45) is 17.8 Å². The minimum absolute atomic E-state index is 0.0303. The van der Waals surface area contributed by atoms with Crippen LogP contribution < -0.4 is 0 Å². The van der Waals surface area contributed by atoms with Crippen LogP contribution in [0, 0.1) is 24.7 Å². The highest BCUT2D eigenvalue weighted by Crippen LogP contribution is 2.48. The van der Waals surface area contributed by atoms with Gasteiger partial charge in [-0.05, 0) is 79.2 Å². The molecule has 1 aliphatic carbocycles. The number of carboxylic acid groups (broad SMARTS) is 1. The zero-order valence-corrected chi connectivity index (χ0v) is 23.1. The SMILES string of the molecule is Cc1ccc(S(=O)(=O)N2CCC(c3cc(-c4ccccc4)sc3C(=O)O)C(C3CCC(C)CC3)C2)cc1. The number of sulfonamides is 1. The first kappa shape index (κ1) is 26.1. The first-order valence-electron chi connectivity index (χ1n) is 13.2. The Bertz CT molecular complexity index is 1340. The number of carbonyl (C=O) groups is 1. The van der Waals surface area contributed by atoms with E-state index in [4.69, 9.17) is 0 Å². The van der Waals surface area contributed by atoms with Crippen molar-refractivity contribution in [1.82, 2.24) is 4.31 Å². The van der Waals surface area contributed by atoms with Crippen LogP contribution in [-0.2, 0) is 10.0 Å². The second-order valence-electron chi connectivity index (χ2n) is 10.8. The fourth-order valence-electron chi connectivity index (χ4n) is 6.20. The quantitative estimate of drug-likeness (QED) is 0.366. The lowest BCUT2D eigenvalue weighted by Crippen LogP contribution is -2.46. The third-order valence-electron chi connectivity index (χ3n) is 8.36. The first-order valence-corrected chi connectivity index (χ1v) is 15.5. The summed E-state index contributed by atoms with van der Waals surface area (Å²) in [5.41, 5.74) is 2.93. The average Bonchev–Trinajstić information content (AvgIpc) is 3.35. The summed E-state index contributed by atoms with van der Waals surface area (Å²) in [6.45, 7) is 5.08. The molecule has 5 nitrogen and oxygen atoms in total. The highest BCUT2D eigenvalue weighted by atomic mass is 32.2. The Balaban J connectivity index is 1.51. The molecule has 0 bridgehead atoms. The molecule has 37 heavy (non-hydrogen) atoms. The number of nitrogens with zero attached hydrogens (tertiary/aromatic N) is 1. The van der Waals surface area contributed by atoms with Gasteiger partial charge in [-0.1, -0.05) is 67.8 Å². The number of piperidine rings is 1. The van der Waals surface area contributed by atoms with Gasteiger partial charge in [0.05, 0.1) is 4.90 Å². The lowest BCUT2D eigenvalue weighted by molar-refractivity contribution is 0.0696. The third-order valence-corrected chi connectivity index (χ3v) is 11.4. The van der Waals surface area contributed by atoms with Crippen molar-refractivity contribution in [2.75, 3.05) is 13.1 Å². The molecule has 2 heterocycles. The maximum atomic E-state index is 13.6. The first-order chi connectivity index (χ1) is 17.7. The fraction of sp³-hybridized carbons (Fsp3) is 0.433. The highest BCUT2D eigenvalue weighted by Gasteiger charge is 2.42. The van der Waals surface area contributed by atoms with Crippen molar-refractivity contribution in [2.45, 2.75) is 56.8 Å². The highest BCUT2D eigenvalue weighted by molar-refractivity contribution is 7.89. The lowest BCUT2D eigenvalue weighted by atomic mass is 9.68. The van der Waals surface area contributed by atoms with E-state index in [-0.39, 0.29) is 11.8 Å². The Hall–Kier alpha value is -2.48. The standard InChI is InChI=1S/C30H35NO4S2/c1-20-8-12-22(13-9-20)27-19-31(37(34,35)24-14-10-21(2)11-15-24)17-16-25(27)26-18-28(36-29(26)30(32)33)23-6-4-3-5-7-23/h3-7,10-11,14-15,18,20,22,25,27H,8-9,12-13,16-17,19H2,1-2H3,(H,32,33). The van der Waals surface area contributed by atoms with Crippen molar-refractivity contribution >= 4 is 27.3 Å². The molecule has 2 unspecified atom stereocenters. The molecule has 196 valence electrons. The van der Waals surface area contributed by atoms with Crippen molar-refractivity contribution in [1.29, 1.82) is 0 Å². The lowest BCUT2D eigenvalue weighted by Gasteiger charge is -2.43. The molecule has 1 aliphatic heterocycles. The molecule has 0 spiro atoms. The van der Waals surface area contributed by atoms with E-state index < -0.39 is 16.0 Å². The van der Waals surface area contributed by atoms with E-state index in [1.807, 2.05) is 49.4 Å². The minimum Gasteiger partial charge on any atom is -0.477 e. The van der Waals surface area contributed by atoms with Gasteiger partial charge in [-0.3, -0.25) is 0 Å². The van der Waals surface area contributed by atoms with E-state index >= 15 is 0 Å². The van der Waals surface area contributed by atoms with E-state index in [1.54, 1.807) is 16.4 Å². The van der Waals surface area contributed by atoms with Crippen LogP contribution in [0.5, 0.6) is 0 Å². The largest absolute Gasteiger partial charge is 0.477 e. The molecule has 1 saturated heterocycles. The Morgan fingerprint density at radius 3 is 2.30 bits per heavy atom. The smallest absolute Gasteiger partial charge is 0.346 e. The van der Waals surface area contributed by atoms with Crippen LogP contribution in [0.1, 0.15) is 65.7 Å². The van der Waals surface area contributed by atoms with Crippen LogP contribution in [0.4, 0.5) is 0 Å². The summed E-state index contributed by atoms with van der Waals surface area (Å²) in [6, 6.07) is 19.1. The number of aromatic carboxylic acids is 1. The summed E-state index contributed by atoms with van der Waals surface area (Å²) in [5.74, 6) is 0.304. The molecule has 1 N–H and O–H groups in total. The van der Waals surface area contributed by atoms with Gasteiger partial charge in [0.2, 0.25) is 10.0 Å². The molecule has 5 rings (SSSR count). The number of hydrogen-bond donors (Lipinski definition) is 1. The van der Waals surface area contributed by atoms with Crippen molar-refractivity contribution in [3.63, 3.8) is 0 Å². The van der Waals surface area contributed by atoms with Crippen molar-refractivity contribution in [3.8, 4) is 10.4 Å². The molecular formula is C30H35NO4S2. The molecule has 1 aromatic heterocycles. The predicted octanol–water partition coefficient (Wildman–Crippen LogP) is 7.04. The van der Waals surface area contributed by atoms with Gasteiger partial charge >= 0.3 is 5.97 Å². The summed E-state index contributed by atoms with van der Waals surface area (Å²) in [5, 5.41) is 10.1. The number of aryl methyl sites for hydroxylation is 1. The Morgan fingerprint density at radius 1 is 0.973 bits per heavy atom. The van der Waals surface area contributed by atoms with Gasteiger partial charge in [-0.25, -0.2) is 13.2 Å². The van der Waals surface area contributed by atoms with Gasteiger partial charge in [0.15, 0.2) is 0 Å². The monoisotopic (exact) mass is 537 g/mol. The Kier molecular flexibility index (Phi) is 7.57. The van der Waals surface area contributed by atoms with E-state index in [2.05, 4.69) is 13.0 Å². The zero-order chi connectivity index (χ0) is 26.2. The summed E-state index contributed by atoms with van der Waals surface area (Å²) >= 11 is 1.34. The number of carboxylic acids is 1. The molecule has 2 aromatic carbocycles.